The van der Waals surface area contributed by atoms with Crippen molar-refractivity contribution in [3.63, 3.8) is 0 Å². The molecule has 0 aromatic heterocycles. The lowest BCUT2D eigenvalue weighted by Crippen LogP contribution is -2.48. The zero-order chi connectivity index (χ0) is 13.9. The lowest BCUT2D eigenvalue weighted by Gasteiger charge is -2.43. The van der Waals surface area contributed by atoms with Crippen molar-refractivity contribution < 1.29 is 9.50 Å². The molecular weight excluding hydrogens is 241 g/mol. The smallest absolute Gasteiger partial charge is 0.126 e. The van der Waals surface area contributed by atoms with Gasteiger partial charge in [0.15, 0.2) is 0 Å². The van der Waals surface area contributed by atoms with Crippen LogP contribution in [0.1, 0.15) is 44.6 Å². The third-order valence-corrected chi connectivity index (χ3v) is 4.44. The highest BCUT2D eigenvalue weighted by molar-refractivity contribution is 5.22. The van der Waals surface area contributed by atoms with Gasteiger partial charge in [-0.15, -0.1) is 0 Å². The minimum atomic E-state index is -1.19. The SMILES string of the molecule is CC(O)(Cc1ccccc1F)C1(C#N)CCCCC1. The highest BCUT2D eigenvalue weighted by atomic mass is 19.1. The first-order chi connectivity index (χ1) is 9.01. The predicted molar refractivity (Wildman–Crippen MR) is 71.9 cm³/mol. The molecule has 0 aliphatic heterocycles. The normalized spacial score (nSPS) is 21.4. The summed E-state index contributed by atoms with van der Waals surface area (Å²) in [5.41, 5.74) is -1.45. The molecule has 1 N–H and O–H groups in total. The molecule has 0 amide bonds. The van der Waals surface area contributed by atoms with Crippen LogP contribution in [0.15, 0.2) is 24.3 Å². The van der Waals surface area contributed by atoms with Crippen molar-refractivity contribution in [2.24, 2.45) is 5.41 Å². The highest BCUT2D eigenvalue weighted by Gasteiger charge is 2.48. The van der Waals surface area contributed by atoms with Gasteiger partial charge in [-0.05, 0) is 31.4 Å². The molecule has 102 valence electrons. The van der Waals surface area contributed by atoms with E-state index in [0.717, 1.165) is 19.3 Å². The Morgan fingerprint density at radius 3 is 2.53 bits per heavy atom. The van der Waals surface area contributed by atoms with E-state index in [-0.39, 0.29) is 12.2 Å². The molecule has 3 heteroatoms. The van der Waals surface area contributed by atoms with E-state index in [1.807, 2.05) is 0 Å². The van der Waals surface area contributed by atoms with Gasteiger partial charge in [-0.3, -0.25) is 0 Å². The molecule has 1 fully saturated rings. The molecule has 1 atom stereocenters. The third kappa shape index (κ3) is 2.64. The molecule has 1 aliphatic rings. The first-order valence-corrected chi connectivity index (χ1v) is 6.88. The van der Waals surface area contributed by atoms with Crippen LogP contribution in [0.3, 0.4) is 0 Å². The molecule has 1 unspecified atom stereocenters. The van der Waals surface area contributed by atoms with Gasteiger partial charge in [-0.2, -0.15) is 5.26 Å². The number of halogens is 1. The van der Waals surface area contributed by atoms with Gasteiger partial charge in [-0.25, -0.2) is 4.39 Å². The highest BCUT2D eigenvalue weighted by Crippen LogP contribution is 2.45. The summed E-state index contributed by atoms with van der Waals surface area (Å²) in [5.74, 6) is -0.313. The van der Waals surface area contributed by atoms with E-state index in [0.29, 0.717) is 18.4 Å². The number of aliphatic hydroxyl groups is 1. The van der Waals surface area contributed by atoms with Crippen molar-refractivity contribution >= 4 is 0 Å². The molecule has 0 spiro atoms. The zero-order valence-corrected chi connectivity index (χ0v) is 11.3. The first-order valence-electron chi connectivity index (χ1n) is 6.88. The van der Waals surface area contributed by atoms with E-state index in [1.54, 1.807) is 25.1 Å². The van der Waals surface area contributed by atoms with Crippen LogP contribution >= 0.6 is 0 Å². The van der Waals surface area contributed by atoms with Gasteiger partial charge in [-0.1, -0.05) is 37.5 Å². The number of hydrogen-bond donors (Lipinski definition) is 1. The maximum Gasteiger partial charge on any atom is 0.126 e. The summed E-state index contributed by atoms with van der Waals surface area (Å²) in [4.78, 5) is 0. The van der Waals surface area contributed by atoms with Crippen LogP contribution in [-0.4, -0.2) is 10.7 Å². The van der Waals surface area contributed by atoms with Crippen LogP contribution in [0.2, 0.25) is 0 Å². The van der Waals surface area contributed by atoms with Crippen LogP contribution in [0.5, 0.6) is 0 Å². The molecule has 0 bridgehead atoms. The molecule has 1 aromatic carbocycles. The van der Waals surface area contributed by atoms with Gasteiger partial charge in [0.25, 0.3) is 0 Å². The number of hydrogen-bond acceptors (Lipinski definition) is 2. The summed E-state index contributed by atoms with van der Waals surface area (Å²) < 4.78 is 13.7. The molecule has 0 heterocycles. The molecule has 1 aliphatic carbocycles. The van der Waals surface area contributed by atoms with E-state index < -0.39 is 11.0 Å². The molecule has 2 rings (SSSR count). The van der Waals surface area contributed by atoms with Gasteiger partial charge in [0, 0.05) is 6.42 Å². The van der Waals surface area contributed by atoms with E-state index in [1.165, 1.54) is 6.07 Å². The average Bonchev–Trinajstić information content (AvgIpc) is 2.42. The van der Waals surface area contributed by atoms with E-state index >= 15 is 0 Å². The van der Waals surface area contributed by atoms with Crippen LogP contribution in [-0.2, 0) is 6.42 Å². The fraction of sp³-hybridized carbons (Fsp3) is 0.562. The molecule has 1 aromatic rings. The van der Waals surface area contributed by atoms with Gasteiger partial charge in [0.1, 0.15) is 5.82 Å². The number of rotatable bonds is 3. The third-order valence-electron chi connectivity index (χ3n) is 4.44. The fourth-order valence-corrected chi connectivity index (χ4v) is 3.11. The van der Waals surface area contributed by atoms with Gasteiger partial charge >= 0.3 is 0 Å². The Morgan fingerprint density at radius 2 is 1.95 bits per heavy atom. The standard InChI is InChI=1S/C16H20FNO/c1-15(19,11-13-7-3-4-8-14(13)17)16(12-18)9-5-2-6-10-16/h3-4,7-8,19H,2,5-6,9-11H2,1H3. The van der Waals surface area contributed by atoms with Crippen LogP contribution in [0.4, 0.5) is 4.39 Å². The Kier molecular flexibility index (Phi) is 3.91. The van der Waals surface area contributed by atoms with Crippen molar-refractivity contribution in [1.82, 2.24) is 0 Å². The Labute approximate surface area is 113 Å². The molecule has 19 heavy (non-hydrogen) atoms. The monoisotopic (exact) mass is 261 g/mol. The molecule has 2 nitrogen and oxygen atoms in total. The molecular formula is C16H20FNO. The fourth-order valence-electron chi connectivity index (χ4n) is 3.11. The zero-order valence-electron chi connectivity index (χ0n) is 11.3. The Hall–Kier alpha value is -1.40. The minimum absolute atomic E-state index is 0.188. The lowest BCUT2D eigenvalue weighted by atomic mass is 9.63. The van der Waals surface area contributed by atoms with Crippen LogP contribution in [0, 0.1) is 22.6 Å². The average molecular weight is 261 g/mol. The van der Waals surface area contributed by atoms with E-state index in [9.17, 15) is 14.8 Å². The summed E-state index contributed by atoms with van der Waals surface area (Å²) in [7, 11) is 0. The number of benzene rings is 1. The summed E-state index contributed by atoms with van der Waals surface area (Å²) in [6, 6.07) is 8.79. The van der Waals surface area contributed by atoms with Crippen molar-refractivity contribution in [2.45, 2.75) is 51.0 Å². The van der Waals surface area contributed by atoms with Gasteiger partial charge in [0.2, 0.25) is 0 Å². The van der Waals surface area contributed by atoms with Crippen molar-refractivity contribution in [1.29, 1.82) is 5.26 Å². The second kappa shape index (κ2) is 5.30. The Bertz CT molecular complexity index is 484. The van der Waals surface area contributed by atoms with Crippen LogP contribution in [0.25, 0.3) is 0 Å². The predicted octanol–water partition coefficient (Wildman–Crippen LogP) is 3.59. The first kappa shape index (κ1) is 14.0. The molecule has 0 radical (unpaired) electrons. The Balaban J connectivity index is 2.26. The molecule has 0 saturated heterocycles. The van der Waals surface area contributed by atoms with E-state index in [2.05, 4.69) is 6.07 Å². The second-order valence-electron chi connectivity index (χ2n) is 5.80. The maximum atomic E-state index is 13.7. The number of nitrogens with zero attached hydrogens (tertiary/aromatic N) is 1. The summed E-state index contributed by atoms with van der Waals surface area (Å²) in [6.45, 7) is 1.67. The molecule has 1 saturated carbocycles. The van der Waals surface area contributed by atoms with E-state index in [4.69, 9.17) is 0 Å². The lowest BCUT2D eigenvalue weighted by molar-refractivity contribution is -0.0574. The van der Waals surface area contributed by atoms with Gasteiger partial charge in [0.05, 0.1) is 17.1 Å². The second-order valence-corrected chi connectivity index (χ2v) is 5.80. The topological polar surface area (TPSA) is 44.0 Å². The largest absolute Gasteiger partial charge is 0.388 e. The van der Waals surface area contributed by atoms with Crippen molar-refractivity contribution in [3.05, 3.63) is 35.6 Å². The van der Waals surface area contributed by atoms with Gasteiger partial charge < -0.3 is 5.11 Å². The minimum Gasteiger partial charge on any atom is -0.388 e. The Morgan fingerprint density at radius 1 is 1.32 bits per heavy atom. The number of nitriles is 1. The summed E-state index contributed by atoms with van der Waals surface area (Å²) >= 11 is 0. The quantitative estimate of drug-likeness (QED) is 0.903. The summed E-state index contributed by atoms with van der Waals surface area (Å²) in [6.07, 6.45) is 4.62. The summed E-state index contributed by atoms with van der Waals surface area (Å²) in [5, 5.41) is 20.3. The maximum absolute atomic E-state index is 13.7. The van der Waals surface area contributed by atoms with Crippen molar-refractivity contribution in [3.8, 4) is 6.07 Å². The van der Waals surface area contributed by atoms with Crippen LogP contribution < -0.4 is 0 Å². The van der Waals surface area contributed by atoms with Crippen molar-refractivity contribution in [2.75, 3.05) is 0 Å².